The lowest BCUT2D eigenvalue weighted by molar-refractivity contribution is -0.384. The molecule has 1 atom stereocenters. The Morgan fingerprint density at radius 3 is 2.82 bits per heavy atom. The molecule has 1 N–H and O–H groups in total. The minimum Gasteiger partial charge on any atom is -0.380 e. The van der Waals surface area contributed by atoms with E-state index < -0.39 is 4.92 Å². The maximum absolute atomic E-state index is 10.9. The summed E-state index contributed by atoms with van der Waals surface area (Å²) in [5.41, 5.74) is 0.430. The molecule has 0 saturated carbocycles. The van der Waals surface area contributed by atoms with Crippen molar-refractivity contribution in [2.24, 2.45) is 7.05 Å². The first-order valence-electron chi connectivity index (χ1n) is 5.49. The monoisotopic (exact) mass is 242 g/mol. The number of nitro groups is 1. The van der Waals surface area contributed by atoms with Crippen LogP contribution in [0.25, 0.3) is 0 Å². The lowest BCUT2D eigenvalue weighted by Crippen LogP contribution is -2.23. The Balaban J connectivity index is 2.86. The molecule has 1 unspecified atom stereocenters. The van der Waals surface area contributed by atoms with Gasteiger partial charge in [-0.15, -0.1) is 0 Å². The molecule has 0 amide bonds. The van der Waals surface area contributed by atoms with Crippen LogP contribution in [0.3, 0.4) is 0 Å². The normalized spacial score (nSPS) is 12.5. The van der Waals surface area contributed by atoms with Crippen molar-refractivity contribution in [1.82, 2.24) is 9.78 Å². The van der Waals surface area contributed by atoms with E-state index in [9.17, 15) is 10.1 Å². The summed E-state index contributed by atoms with van der Waals surface area (Å²) in [6, 6.07) is -0.0107. The van der Waals surface area contributed by atoms with E-state index in [2.05, 4.69) is 10.4 Å². The molecule has 1 rings (SSSR count). The van der Waals surface area contributed by atoms with Crippen molar-refractivity contribution >= 4 is 11.5 Å². The molecule has 96 valence electrons. The zero-order valence-electron chi connectivity index (χ0n) is 10.6. The number of nitrogens with zero attached hydrogens (tertiary/aromatic N) is 3. The Morgan fingerprint density at radius 1 is 1.65 bits per heavy atom. The fourth-order valence-corrected chi connectivity index (χ4v) is 1.60. The summed E-state index contributed by atoms with van der Waals surface area (Å²) in [4.78, 5) is 10.5. The van der Waals surface area contributed by atoms with Gasteiger partial charge in [0.2, 0.25) is 5.82 Å². The number of anilines is 1. The van der Waals surface area contributed by atoms with Gasteiger partial charge in [-0.1, -0.05) is 0 Å². The van der Waals surface area contributed by atoms with Gasteiger partial charge < -0.3 is 10.1 Å². The number of rotatable bonds is 6. The average molecular weight is 242 g/mol. The number of hydrogen-bond donors (Lipinski definition) is 1. The molecular formula is C10H18N4O3. The smallest absolute Gasteiger partial charge is 0.333 e. The number of hydrogen-bond acceptors (Lipinski definition) is 5. The van der Waals surface area contributed by atoms with E-state index >= 15 is 0 Å². The van der Waals surface area contributed by atoms with Gasteiger partial charge in [0.15, 0.2) is 0 Å². The molecule has 0 radical (unpaired) electrons. The third kappa shape index (κ3) is 3.16. The molecule has 17 heavy (non-hydrogen) atoms. The zero-order chi connectivity index (χ0) is 13.0. The average Bonchev–Trinajstić information content (AvgIpc) is 2.51. The van der Waals surface area contributed by atoms with Crippen LogP contribution in [0.2, 0.25) is 0 Å². The quantitative estimate of drug-likeness (QED) is 0.603. The van der Waals surface area contributed by atoms with Gasteiger partial charge in [0, 0.05) is 19.7 Å². The molecule has 7 heteroatoms. The largest absolute Gasteiger partial charge is 0.380 e. The summed E-state index contributed by atoms with van der Waals surface area (Å²) in [6.45, 7) is 6.55. The van der Waals surface area contributed by atoms with Gasteiger partial charge in [-0.05, 0) is 20.8 Å². The van der Waals surface area contributed by atoms with Crippen molar-refractivity contribution < 1.29 is 9.66 Å². The van der Waals surface area contributed by atoms with Gasteiger partial charge >= 0.3 is 5.69 Å². The molecule has 1 aromatic heterocycles. The number of ether oxygens (including phenoxy) is 1. The molecular weight excluding hydrogens is 224 g/mol. The van der Waals surface area contributed by atoms with E-state index in [0.717, 1.165) is 0 Å². The molecule has 0 aliphatic heterocycles. The summed E-state index contributed by atoms with van der Waals surface area (Å²) < 4.78 is 6.73. The van der Waals surface area contributed by atoms with Crippen LogP contribution >= 0.6 is 0 Å². The van der Waals surface area contributed by atoms with Crippen molar-refractivity contribution in [2.75, 3.05) is 18.5 Å². The van der Waals surface area contributed by atoms with Gasteiger partial charge in [-0.2, -0.15) is 5.10 Å². The van der Waals surface area contributed by atoms with Crippen molar-refractivity contribution in [3.05, 3.63) is 15.8 Å². The first-order valence-corrected chi connectivity index (χ1v) is 5.49. The maximum Gasteiger partial charge on any atom is 0.333 e. The predicted molar refractivity (Wildman–Crippen MR) is 64.2 cm³/mol. The van der Waals surface area contributed by atoms with Crippen LogP contribution in [0.1, 0.15) is 19.5 Å². The number of nitrogens with one attached hydrogen (secondary N) is 1. The highest BCUT2D eigenvalue weighted by atomic mass is 16.6. The van der Waals surface area contributed by atoms with E-state index in [4.69, 9.17) is 4.74 Å². The van der Waals surface area contributed by atoms with Crippen LogP contribution in [0.5, 0.6) is 0 Å². The first kappa shape index (κ1) is 13.4. The summed E-state index contributed by atoms with van der Waals surface area (Å²) in [6.07, 6.45) is 0. The SMILES string of the molecule is CCOCC(C)Nc1c([N+](=O)[O-])c(C)nn1C. The second-order valence-electron chi connectivity index (χ2n) is 3.87. The van der Waals surface area contributed by atoms with Crippen molar-refractivity contribution in [3.8, 4) is 0 Å². The van der Waals surface area contributed by atoms with Crippen molar-refractivity contribution in [3.63, 3.8) is 0 Å². The molecule has 1 heterocycles. The lowest BCUT2D eigenvalue weighted by Gasteiger charge is -2.14. The topological polar surface area (TPSA) is 82.2 Å². The third-order valence-electron chi connectivity index (χ3n) is 2.33. The zero-order valence-corrected chi connectivity index (χ0v) is 10.6. The fraction of sp³-hybridized carbons (Fsp3) is 0.700. The van der Waals surface area contributed by atoms with E-state index in [0.29, 0.717) is 24.7 Å². The van der Waals surface area contributed by atoms with E-state index in [-0.39, 0.29) is 11.7 Å². The summed E-state index contributed by atoms with van der Waals surface area (Å²) in [7, 11) is 1.68. The summed E-state index contributed by atoms with van der Waals surface area (Å²) >= 11 is 0. The van der Waals surface area contributed by atoms with Gasteiger partial charge in [0.05, 0.1) is 11.5 Å². The molecule has 0 aliphatic carbocycles. The molecule has 0 bridgehead atoms. The number of aromatic nitrogens is 2. The molecule has 0 aliphatic rings. The molecule has 0 fully saturated rings. The van der Waals surface area contributed by atoms with Gasteiger partial charge in [-0.3, -0.25) is 10.1 Å². The van der Waals surface area contributed by atoms with Crippen molar-refractivity contribution in [1.29, 1.82) is 0 Å². The highest BCUT2D eigenvalue weighted by Gasteiger charge is 2.24. The Hall–Kier alpha value is -1.63. The highest BCUT2D eigenvalue weighted by Crippen LogP contribution is 2.27. The second-order valence-corrected chi connectivity index (χ2v) is 3.87. The van der Waals surface area contributed by atoms with E-state index in [1.807, 2.05) is 13.8 Å². The minimum absolute atomic E-state index is 0.0107. The van der Waals surface area contributed by atoms with Crippen LogP contribution in [0.15, 0.2) is 0 Å². The maximum atomic E-state index is 10.9. The highest BCUT2D eigenvalue weighted by molar-refractivity contribution is 5.59. The van der Waals surface area contributed by atoms with Crippen LogP contribution < -0.4 is 5.32 Å². The standard InChI is InChI=1S/C10H18N4O3/c1-5-17-6-7(2)11-10-9(14(15)16)8(3)12-13(10)4/h7,11H,5-6H2,1-4H3. The minimum atomic E-state index is -0.419. The predicted octanol–water partition coefficient (Wildman–Crippen LogP) is 1.47. The van der Waals surface area contributed by atoms with Crippen LogP contribution in [0, 0.1) is 17.0 Å². The van der Waals surface area contributed by atoms with E-state index in [1.54, 1.807) is 14.0 Å². The second kappa shape index (κ2) is 5.62. The molecule has 0 spiro atoms. The van der Waals surface area contributed by atoms with E-state index in [1.165, 1.54) is 4.68 Å². The van der Waals surface area contributed by atoms with Gasteiger partial charge in [0.1, 0.15) is 5.69 Å². The lowest BCUT2D eigenvalue weighted by atomic mass is 10.3. The summed E-state index contributed by atoms with van der Waals surface area (Å²) in [5, 5.41) is 18.0. The van der Waals surface area contributed by atoms with Gasteiger partial charge in [0.25, 0.3) is 0 Å². The Bertz CT molecular complexity index is 403. The molecule has 7 nitrogen and oxygen atoms in total. The first-order chi connectivity index (χ1) is 7.97. The molecule has 0 aromatic carbocycles. The Labute approximate surface area is 99.9 Å². The van der Waals surface area contributed by atoms with Crippen LogP contribution in [0.4, 0.5) is 11.5 Å². The third-order valence-corrected chi connectivity index (χ3v) is 2.33. The Morgan fingerprint density at radius 2 is 2.29 bits per heavy atom. The van der Waals surface area contributed by atoms with Crippen LogP contribution in [-0.4, -0.2) is 34.0 Å². The van der Waals surface area contributed by atoms with Crippen LogP contribution in [-0.2, 0) is 11.8 Å². The Kier molecular flexibility index (Phi) is 4.45. The molecule has 0 saturated heterocycles. The summed E-state index contributed by atoms with van der Waals surface area (Å²) in [5.74, 6) is 0.416. The fourth-order valence-electron chi connectivity index (χ4n) is 1.60. The van der Waals surface area contributed by atoms with Gasteiger partial charge in [-0.25, -0.2) is 4.68 Å². The van der Waals surface area contributed by atoms with Crippen molar-refractivity contribution in [2.45, 2.75) is 26.8 Å². The number of aryl methyl sites for hydroxylation is 2. The molecule has 1 aromatic rings.